The molecule has 0 spiro atoms. The predicted molar refractivity (Wildman–Crippen MR) is 130 cm³/mol. The van der Waals surface area contributed by atoms with Gasteiger partial charge < -0.3 is 9.64 Å². The van der Waals surface area contributed by atoms with Crippen molar-refractivity contribution < 1.29 is 19.1 Å². The van der Waals surface area contributed by atoms with Crippen LogP contribution >= 0.6 is 0 Å². The molecule has 0 radical (unpaired) electrons. The number of benzene rings is 1. The zero-order valence-electron chi connectivity index (χ0n) is 20.0. The molecule has 0 N–H and O–H groups in total. The van der Waals surface area contributed by atoms with Crippen molar-refractivity contribution in [2.45, 2.75) is 50.7 Å². The fourth-order valence-electron chi connectivity index (χ4n) is 5.44. The van der Waals surface area contributed by atoms with Gasteiger partial charge in [-0.2, -0.15) is 0 Å². The third-order valence-corrected chi connectivity index (χ3v) is 7.41. The lowest BCUT2D eigenvalue weighted by molar-refractivity contribution is -0.133. The normalized spacial score (nSPS) is 19.8. The summed E-state index contributed by atoms with van der Waals surface area (Å²) in [5.74, 6) is 0.486. The lowest BCUT2D eigenvalue weighted by atomic mass is 9.98. The van der Waals surface area contributed by atoms with Crippen molar-refractivity contribution in [3.8, 4) is 5.75 Å². The van der Waals surface area contributed by atoms with Crippen LogP contribution in [0.4, 0.5) is 0 Å². The van der Waals surface area contributed by atoms with E-state index in [0.717, 1.165) is 57.6 Å². The number of likely N-dealkylation sites (tertiary alicyclic amines) is 2. The van der Waals surface area contributed by atoms with Crippen molar-refractivity contribution in [3.05, 3.63) is 59.9 Å². The second-order valence-corrected chi connectivity index (χ2v) is 9.56. The zero-order chi connectivity index (χ0) is 24.2. The van der Waals surface area contributed by atoms with E-state index in [0.29, 0.717) is 30.0 Å². The molecule has 2 saturated heterocycles. The first-order valence-corrected chi connectivity index (χ1v) is 12.6. The van der Waals surface area contributed by atoms with Crippen LogP contribution in [0.2, 0.25) is 0 Å². The van der Waals surface area contributed by atoms with Crippen LogP contribution in [-0.2, 0) is 4.79 Å². The Morgan fingerprint density at radius 2 is 1.51 bits per heavy atom. The largest absolute Gasteiger partial charge is 0.490 e. The molecule has 1 aromatic carbocycles. The molecule has 3 aliphatic heterocycles. The Balaban J connectivity index is 1.01. The number of piperidine rings is 2. The van der Waals surface area contributed by atoms with Crippen LogP contribution in [0, 0.1) is 0 Å². The number of carbonyl (C=O) groups is 3. The van der Waals surface area contributed by atoms with Gasteiger partial charge in [0, 0.05) is 57.6 Å². The number of pyridine rings is 1. The average molecular weight is 477 g/mol. The van der Waals surface area contributed by atoms with E-state index in [9.17, 15) is 14.4 Å². The minimum Gasteiger partial charge on any atom is -0.490 e. The summed E-state index contributed by atoms with van der Waals surface area (Å²) in [4.78, 5) is 47.5. The average Bonchev–Trinajstić information content (AvgIpc) is 3.15. The Morgan fingerprint density at radius 1 is 0.886 bits per heavy atom. The Kier molecular flexibility index (Phi) is 7.08. The molecule has 2 fully saturated rings. The van der Waals surface area contributed by atoms with E-state index < -0.39 is 0 Å². The van der Waals surface area contributed by atoms with E-state index >= 15 is 0 Å². The summed E-state index contributed by atoms with van der Waals surface area (Å²) in [5, 5.41) is 0. The highest BCUT2D eigenvalue weighted by atomic mass is 16.5. The summed E-state index contributed by atoms with van der Waals surface area (Å²) >= 11 is 0. The number of carbonyl (C=O) groups excluding carboxylic acids is 3. The summed E-state index contributed by atoms with van der Waals surface area (Å²) in [6.45, 7) is 3.86. The molecule has 0 aliphatic carbocycles. The van der Waals surface area contributed by atoms with Gasteiger partial charge in [-0.3, -0.25) is 29.2 Å². The van der Waals surface area contributed by atoms with E-state index in [4.69, 9.17) is 4.74 Å². The molecule has 8 heteroatoms. The van der Waals surface area contributed by atoms with E-state index in [2.05, 4.69) is 9.88 Å². The molecular weight excluding hydrogens is 444 g/mol. The Morgan fingerprint density at radius 3 is 2.14 bits per heavy atom. The van der Waals surface area contributed by atoms with Gasteiger partial charge in [-0.05, 0) is 56.4 Å². The number of ether oxygens (including phenoxy) is 1. The fraction of sp³-hybridized carbons (Fsp3) is 0.481. The van der Waals surface area contributed by atoms with Gasteiger partial charge in [0.25, 0.3) is 11.8 Å². The molecule has 2 aromatic rings. The van der Waals surface area contributed by atoms with Crippen LogP contribution in [0.15, 0.2) is 48.8 Å². The van der Waals surface area contributed by atoms with Crippen LogP contribution in [0.5, 0.6) is 5.75 Å². The number of imide groups is 1. The van der Waals surface area contributed by atoms with Crippen molar-refractivity contribution in [3.63, 3.8) is 0 Å². The highest BCUT2D eigenvalue weighted by molar-refractivity contribution is 6.21. The molecule has 3 aliphatic rings. The first-order chi connectivity index (χ1) is 17.1. The first-order valence-electron chi connectivity index (χ1n) is 12.6. The van der Waals surface area contributed by atoms with Gasteiger partial charge in [-0.1, -0.05) is 12.1 Å². The molecule has 0 atom stereocenters. The smallest absolute Gasteiger partial charge is 0.261 e. The molecule has 0 unspecified atom stereocenters. The van der Waals surface area contributed by atoms with Gasteiger partial charge in [0.2, 0.25) is 5.91 Å². The third-order valence-electron chi connectivity index (χ3n) is 7.41. The maximum absolute atomic E-state index is 12.8. The van der Waals surface area contributed by atoms with E-state index in [1.165, 1.54) is 4.90 Å². The molecule has 0 saturated carbocycles. The first kappa shape index (κ1) is 23.5. The summed E-state index contributed by atoms with van der Waals surface area (Å²) in [7, 11) is 0. The van der Waals surface area contributed by atoms with Gasteiger partial charge in [-0.15, -0.1) is 0 Å². The molecule has 8 nitrogen and oxygen atoms in total. The van der Waals surface area contributed by atoms with Crippen molar-refractivity contribution in [1.29, 1.82) is 0 Å². The molecule has 184 valence electrons. The van der Waals surface area contributed by atoms with E-state index in [-0.39, 0.29) is 30.4 Å². The molecule has 4 heterocycles. The summed E-state index contributed by atoms with van der Waals surface area (Å²) < 4.78 is 6.08. The van der Waals surface area contributed by atoms with Gasteiger partial charge in [0.05, 0.1) is 11.1 Å². The summed E-state index contributed by atoms with van der Waals surface area (Å²) in [5.41, 5.74) is 0.915. The number of aromatic nitrogens is 1. The van der Waals surface area contributed by atoms with Crippen LogP contribution < -0.4 is 4.74 Å². The Bertz CT molecular complexity index is 1020. The van der Waals surface area contributed by atoms with Crippen molar-refractivity contribution >= 4 is 17.7 Å². The Hall–Kier alpha value is -3.26. The standard InChI is InChI=1S/C27H32N4O4/c32-25(6-3-15-31-26(33)23-4-1-2-5-24(23)27(31)34)30-16-9-20(10-17-30)29-18-11-22(12-19-29)35-21-7-13-28-14-8-21/h1-2,4-5,7-8,13-14,20,22H,3,6,9-12,15-19H2. The fourth-order valence-corrected chi connectivity index (χ4v) is 5.44. The van der Waals surface area contributed by atoms with Gasteiger partial charge >= 0.3 is 0 Å². The molecule has 0 bridgehead atoms. The number of hydrogen-bond acceptors (Lipinski definition) is 6. The number of amides is 3. The minimum absolute atomic E-state index is 0.115. The molecule has 1 aromatic heterocycles. The minimum atomic E-state index is -0.256. The van der Waals surface area contributed by atoms with Crippen LogP contribution in [-0.4, -0.2) is 82.3 Å². The number of fused-ring (bicyclic) bond motifs is 1. The van der Waals surface area contributed by atoms with Crippen molar-refractivity contribution in [1.82, 2.24) is 19.7 Å². The molecule has 35 heavy (non-hydrogen) atoms. The van der Waals surface area contributed by atoms with Gasteiger partial charge in [-0.25, -0.2) is 0 Å². The zero-order valence-corrected chi connectivity index (χ0v) is 20.0. The van der Waals surface area contributed by atoms with Gasteiger partial charge in [0.15, 0.2) is 0 Å². The van der Waals surface area contributed by atoms with Gasteiger partial charge in [0.1, 0.15) is 11.9 Å². The summed E-state index contributed by atoms with van der Waals surface area (Å²) in [6.07, 6.45) is 8.61. The second-order valence-electron chi connectivity index (χ2n) is 9.56. The number of hydrogen-bond donors (Lipinski definition) is 0. The maximum atomic E-state index is 12.8. The number of nitrogens with zero attached hydrogens (tertiary/aromatic N) is 4. The van der Waals surface area contributed by atoms with E-state index in [1.807, 2.05) is 17.0 Å². The highest BCUT2D eigenvalue weighted by Gasteiger charge is 2.35. The lowest BCUT2D eigenvalue weighted by Gasteiger charge is -2.41. The van der Waals surface area contributed by atoms with Crippen molar-refractivity contribution in [2.75, 3.05) is 32.7 Å². The van der Waals surface area contributed by atoms with Crippen LogP contribution in [0.1, 0.15) is 59.2 Å². The van der Waals surface area contributed by atoms with Crippen LogP contribution in [0.3, 0.4) is 0 Å². The van der Waals surface area contributed by atoms with Crippen LogP contribution in [0.25, 0.3) is 0 Å². The molecule has 5 rings (SSSR count). The molecule has 3 amide bonds. The second kappa shape index (κ2) is 10.6. The topological polar surface area (TPSA) is 83.1 Å². The SMILES string of the molecule is O=C(CCCN1C(=O)c2ccccc2C1=O)N1CCC(N2CCC(Oc3ccncc3)CC2)CC1. The Labute approximate surface area is 205 Å². The monoisotopic (exact) mass is 476 g/mol. The van der Waals surface area contributed by atoms with Crippen molar-refractivity contribution in [2.24, 2.45) is 0 Å². The molecular formula is C27H32N4O4. The highest BCUT2D eigenvalue weighted by Crippen LogP contribution is 2.25. The maximum Gasteiger partial charge on any atom is 0.261 e. The summed E-state index contributed by atoms with van der Waals surface area (Å²) in [6, 6.07) is 11.2. The number of rotatable bonds is 7. The lowest BCUT2D eigenvalue weighted by Crippen LogP contribution is -2.50. The third kappa shape index (κ3) is 5.22. The predicted octanol–water partition coefficient (Wildman–Crippen LogP) is 2.99. The van der Waals surface area contributed by atoms with E-state index in [1.54, 1.807) is 36.7 Å². The quantitative estimate of drug-likeness (QED) is 0.572.